The first-order valence-electron chi connectivity index (χ1n) is 7.95. The topological polar surface area (TPSA) is 39.9 Å². The van der Waals surface area contributed by atoms with Crippen molar-refractivity contribution in [2.75, 3.05) is 0 Å². The van der Waals surface area contributed by atoms with Crippen molar-refractivity contribution in [2.45, 2.75) is 19.3 Å². The molecule has 25 heavy (non-hydrogen) atoms. The van der Waals surface area contributed by atoms with Gasteiger partial charge in [0.1, 0.15) is 11.1 Å². The molecule has 0 radical (unpaired) electrons. The van der Waals surface area contributed by atoms with E-state index in [4.69, 9.17) is 16.3 Å². The second-order valence-corrected chi connectivity index (χ2v) is 7.24. The van der Waals surface area contributed by atoms with Crippen LogP contribution in [0.5, 0.6) is 0 Å². The lowest BCUT2D eigenvalue weighted by Crippen LogP contribution is -2.12. The Morgan fingerprint density at radius 1 is 1.16 bits per heavy atom. The van der Waals surface area contributed by atoms with Crippen LogP contribution >= 0.6 is 22.9 Å². The number of hydrogen-bond donors (Lipinski definition) is 0. The summed E-state index contributed by atoms with van der Waals surface area (Å²) in [6, 6.07) is 15.9. The molecule has 4 aromatic rings. The van der Waals surface area contributed by atoms with Crippen LogP contribution in [0, 0.1) is 0 Å². The van der Waals surface area contributed by atoms with E-state index in [0.717, 1.165) is 16.1 Å². The number of para-hydroxylation sites is 1. The minimum atomic E-state index is -0.125. The smallest absolute Gasteiger partial charge is 0.120 e. The summed E-state index contributed by atoms with van der Waals surface area (Å²) in [6.45, 7) is 1.14. The lowest BCUT2D eigenvalue weighted by molar-refractivity contribution is 0.0279. The monoisotopic (exact) mass is 369 g/mol. The third kappa shape index (κ3) is 3.90. The molecule has 0 aliphatic heterocycles. The van der Waals surface area contributed by atoms with E-state index in [1.807, 2.05) is 53.2 Å². The first-order valence-corrected chi connectivity index (χ1v) is 9.14. The zero-order valence-corrected chi connectivity index (χ0v) is 15.0. The molecule has 2 heterocycles. The summed E-state index contributed by atoms with van der Waals surface area (Å²) in [7, 11) is 0. The zero-order valence-electron chi connectivity index (χ0n) is 13.4. The fourth-order valence-electron chi connectivity index (χ4n) is 2.70. The molecule has 6 heteroatoms. The lowest BCUT2D eigenvalue weighted by Gasteiger charge is -2.18. The average molecular weight is 370 g/mol. The number of halogens is 1. The Kier molecular flexibility index (Phi) is 4.78. The van der Waals surface area contributed by atoms with Crippen LogP contribution < -0.4 is 0 Å². The Hall–Kier alpha value is -2.21. The van der Waals surface area contributed by atoms with E-state index < -0.39 is 0 Å². The van der Waals surface area contributed by atoms with Crippen molar-refractivity contribution in [1.29, 1.82) is 0 Å². The Bertz CT molecular complexity index is 935. The second kappa shape index (κ2) is 7.35. The Labute approximate surface area is 154 Å². The molecule has 0 fully saturated rings. The number of rotatable bonds is 6. The van der Waals surface area contributed by atoms with Crippen molar-refractivity contribution in [1.82, 2.24) is 14.5 Å². The Balaban J connectivity index is 1.55. The van der Waals surface area contributed by atoms with Crippen molar-refractivity contribution in [2.24, 2.45) is 0 Å². The summed E-state index contributed by atoms with van der Waals surface area (Å²) in [5, 5.41) is 1.68. The van der Waals surface area contributed by atoms with E-state index in [1.54, 1.807) is 23.9 Å². The Morgan fingerprint density at radius 2 is 2.08 bits per heavy atom. The largest absolute Gasteiger partial charge is 0.364 e. The molecule has 0 spiro atoms. The maximum absolute atomic E-state index is 6.21. The van der Waals surface area contributed by atoms with Crippen molar-refractivity contribution >= 4 is 33.2 Å². The molecule has 0 aliphatic carbocycles. The summed E-state index contributed by atoms with van der Waals surface area (Å²) >= 11 is 7.82. The van der Waals surface area contributed by atoms with Crippen LogP contribution in [0.25, 0.3) is 10.2 Å². The first kappa shape index (κ1) is 16.3. The Morgan fingerprint density at radius 3 is 2.88 bits per heavy atom. The van der Waals surface area contributed by atoms with Crippen LogP contribution in [0.15, 0.2) is 67.3 Å². The predicted octanol–water partition coefficient (Wildman–Crippen LogP) is 5.10. The van der Waals surface area contributed by atoms with Gasteiger partial charge in [-0.15, -0.1) is 11.3 Å². The third-order valence-corrected chi connectivity index (χ3v) is 5.15. The van der Waals surface area contributed by atoms with Gasteiger partial charge >= 0.3 is 0 Å². The fraction of sp³-hybridized carbons (Fsp3) is 0.158. The van der Waals surface area contributed by atoms with Gasteiger partial charge in [-0.2, -0.15) is 0 Å². The van der Waals surface area contributed by atoms with E-state index in [9.17, 15) is 0 Å². The van der Waals surface area contributed by atoms with Gasteiger partial charge < -0.3 is 9.30 Å². The van der Waals surface area contributed by atoms with Gasteiger partial charge in [0.25, 0.3) is 0 Å². The first-order chi connectivity index (χ1) is 12.3. The highest BCUT2D eigenvalue weighted by Gasteiger charge is 2.15. The van der Waals surface area contributed by atoms with Crippen LogP contribution in [0.3, 0.4) is 0 Å². The van der Waals surface area contributed by atoms with Crippen LogP contribution in [0.2, 0.25) is 5.02 Å². The van der Waals surface area contributed by atoms with Gasteiger partial charge in [0, 0.05) is 17.4 Å². The van der Waals surface area contributed by atoms with Crippen molar-refractivity contribution in [3.63, 3.8) is 0 Å². The number of ether oxygens (including phenoxy) is 1. The molecule has 0 bridgehead atoms. The van der Waals surface area contributed by atoms with Crippen LogP contribution in [-0.2, 0) is 17.9 Å². The molecule has 4 nitrogen and oxygen atoms in total. The molecular formula is C19H16ClN3OS. The molecule has 0 saturated carbocycles. The van der Waals surface area contributed by atoms with Crippen LogP contribution in [0.1, 0.15) is 16.7 Å². The maximum atomic E-state index is 6.21. The normalized spacial score (nSPS) is 12.5. The van der Waals surface area contributed by atoms with Gasteiger partial charge in [-0.25, -0.2) is 9.97 Å². The van der Waals surface area contributed by atoms with E-state index in [1.165, 1.54) is 4.70 Å². The molecule has 4 rings (SSSR count). The highest BCUT2D eigenvalue weighted by molar-refractivity contribution is 7.18. The summed E-state index contributed by atoms with van der Waals surface area (Å²) in [5.41, 5.74) is 2.06. The fourth-order valence-corrected chi connectivity index (χ4v) is 3.79. The number of benzene rings is 2. The molecule has 1 unspecified atom stereocenters. The summed E-state index contributed by atoms with van der Waals surface area (Å²) in [5.74, 6) is 0. The molecule has 0 N–H and O–H groups in total. The van der Waals surface area contributed by atoms with Gasteiger partial charge in [0.2, 0.25) is 0 Å². The molecule has 2 aromatic heterocycles. The molecule has 0 saturated heterocycles. The molecular weight excluding hydrogens is 354 g/mol. The molecule has 0 amide bonds. The highest BCUT2D eigenvalue weighted by atomic mass is 35.5. The van der Waals surface area contributed by atoms with Crippen LogP contribution in [0.4, 0.5) is 0 Å². The summed E-state index contributed by atoms with van der Waals surface area (Å²) in [4.78, 5) is 8.75. The summed E-state index contributed by atoms with van der Waals surface area (Å²) in [6.07, 6.45) is 5.36. The molecule has 2 aromatic carbocycles. The van der Waals surface area contributed by atoms with E-state index in [2.05, 4.69) is 16.0 Å². The van der Waals surface area contributed by atoms with Crippen molar-refractivity contribution in [3.05, 3.63) is 82.8 Å². The van der Waals surface area contributed by atoms with E-state index in [-0.39, 0.29) is 6.10 Å². The molecule has 0 aliphatic rings. The van der Waals surface area contributed by atoms with Gasteiger partial charge in [0.05, 0.1) is 29.7 Å². The average Bonchev–Trinajstić information content (AvgIpc) is 3.27. The number of aromatic nitrogens is 3. The van der Waals surface area contributed by atoms with Crippen molar-refractivity contribution < 1.29 is 4.74 Å². The zero-order chi connectivity index (χ0) is 17.1. The third-order valence-electron chi connectivity index (χ3n) is 3.90. The minimum Gasteiger partial charge on any atom is -0.364 e. The second-order valence-electron chi connectivity index (χ2n) is 5.69. The highest BCUT2D eigenvalue weighted by Crippen LogP contribution is 2.27. The van der Waals surface area contributed by atoms with E-state index >= 15 is 0 Å². The molecule has 126 valence electrons. The van der Waals surface area contributed by atoms with Gasteiger partial charge in [-0.05, 0) is 29.8 Å². The maximum Gasteiger partial charge on any atom is 0.120 e. The quantitative estimate of drug-likeness (QED) is 0.474. The van der Waals surface area contributed by atoms with Crippen molar-refractivity contribution in [3.8, 4) is 0 Å². The molecule has 1 atom stereocenters. The van der Waals surface area contributed by atoms with Crippen LogP contribution in [-0.4, -0.2) is 14.5 Å². The van der Waals surface area contributed by atoms with E-state index in [0.29, 0.717) is 18.2 Å². The standard InChI is InChI=1S/C19H16ClN3OS/c20-15-5-3-4-14(10-15)17(11-23-9-8-21-13-23)24-12-19-22-16-6-1-2-7-18(16)25-19/h1-10,13,17H,11-12H2. The predicted molar refractivity (Wildman–Crippen MR) is 101 cm³/mol. The number of thiazole rings is 1. The van der Waals surface area contributed by atoms with Gasteiger partial charge in [0.15, 0.2) is 0 Å². The summed E-state index contributed by atoms with van der Waals surface area (Å²) < 4.78 is 9.39. The number of fused-ring (bicyclic) bond motifs is 1. The lowest BCUT2D eigenvalue weighted by atomic mass is 10.1. The van der Waals surface area contributed by atoms with Gasteiger partial charge in [-0.1, -0.05) is 35.9 Å². The van der Waals surface area contributed by atoms with Gasteiger partial charge in [-0.3, -0.25) is 0 Å². The number of hydrogen-bond acceptors (Lipinski definition) is 4. The minimum absolute atomic E-state index is 0.125. The number of nitrogens with zero attached hydrogens (tertiary/aromatic N) is 3. The SMILES string of the molecule is Clc1cccc(C(Cn2ccnc2)OCc2nc3ccccc3s2)c1. The number of imidazole rings is 1.